The fraction of sp³-hybridized carbons (Fsp3) is 0.227. The molecule has 0 aliphatic carbocycles. The summed E-state index contributed by atoms with van der Waals surface area (Å²) in [5.41, 5.74) is 2.39. The minimum Gasteiger partial charge on any atom is -0.335 e. The van der Waals surface area contributed by atoms with E-state index < -0.39 is 15.9 Å². The number of carbonyl (C=O) groups is 1. The van der Waals surface area contributed by atoms with Gasteiger partial charge in [-0.05, 0) is 59.9 Å². The summed E-state index contributed by atoms with van der Waals surface area (Å²) in [7, 11) is -3.56. The maximum Gasteiger partial charge on any atom is 0.245 e. The van der Waals surface area contributed by atoms with E-state index in [1.165, 1.54) is 12.4 Å². The Morgan fingerprint density at radius 2 is 2.00 bits per heavy atom. The van der Waals surface area contributed by atoms with Crippen LogP contribution < -0.4 is 0 Å². The third kappa shape index (κ3) is 3.59. The first kappa shape index (κ1) is 20.8. The maximum atomic E-state index is 14.0. The normalized spacial score (nSPS) is 14.6. The summed E-state index contributed by atoms with van der Waals surface area (Å²) in [5, 5.41) is 0.911. The number of halogens is 1. The molecule has 3 heterocycles. The van der Waals surface area contributed by atoms with Crippen molar-refractivity contribution in [3.63, 3.8) is 0 Å². The molecule has 0 N–H and O–H groups in total. The first-order valence-corrected chi connectivity index (χ1v) is 12.4. The predicted molar refractivity (Wildman–Crippen MR) is 118 cm³/mol. The number of nitrogens with zero attached hydrogens (tertiary/aromatic N) is 4. The van der Waals surface area contributed by atoms with Crippen LogP contribution in [0.1, 0.15) is 29.1 Å². The monoisotopic (exact) mass is 470 g/mol. The standard InChI is InChI=1S/C22H19FN4O3S2/c1-14(27-8-7-18-19(23)3-2-4-20(18)27)22(28)26-10-15-5-6-17(9-16(15)11-26)32(29,30)12-21-24-13-25-31-21/h2-9,13-14H,10-12H2,1H3/t14-/m0/s1. The molecule has 0 saturated carbocycles. The quantitative estimate of drug-likeness (QED) is 0.444. The largest absolute Gasteiger partial charge is 0.335 e. The van der Waals surface area contributed by atoms with Crippen molar-refractivity contribution in [2.75, 3.05) is 0 Å². The third-order valence-electron chi connectivity index (χ3n) is 5.78. The minimum absolute atomic E-state index is 0.110. The number of benzene rings is 2. The second kappa shape index (κ2) is 7.79. The van der Waals surface area contributed by atoms with Crippen LogP contribution in [-0.2, 0) is 33.5 Å². The summed E-state index contributed by atoms with van der Waals surface area (Å²) < 4.78 is 45.2. The van der Waals surface area contributed by atoms with E-state index in [0.717, 1.165) is 22.7 Å². The van der Waals surface area contributed by atoms with Crippen LogP contribution in [0, 0.1) is 5.82 Å². The van der Waals surface area contributed by atoms with Gasteiger partial charge in [0.05, 0.1) is 10.4 Å². The molecular formula is C22H19FN4O3S2. The molecule has 32 heavy (non-hydrogen) atoms. The number of carbonyl (C=O) groups excluding carboxylic acids is 1. The first-order chi connectivity index (χ1) is 15.3. The van der Waals surface area contributed by atoms with E-state index >= 15 is 0 Å². The highest BCUT2D eigenvalue weighted by atomic mass is 32.2. The zero-order valence-electron chi connectivity index (χ0n) is 17.1. The van der Waals surface area contributed by atoms with Crippen LogP contribution in [-0.4, -0.2) is 33.1 Å². The van der Waals surface area contributed by atoms with Crippen molar-refractivity contribution >= 4 is 38.2 Å². The van der Waals surface area contributed by atoms with Gasteiger partial charge in [-0.2, -0.15) is 4.37 Å². The van der Waals surface area contributed by atoms with E-state index in [2.05, 4.69) is 9.36 Å². The topological polar surface area (TPSA) is 85.2 Å². The van der Waals surface area contributed by atoms with Crippen molar-refractivity contribution in [2.24, 2.45) is 0 Å². The molecule has 164 valence electrons. The van der Waals surface area contributed by atoms with Crippen molar-refractivity contribution in [3.8, 4) is 0 Å². The zero-order chi connectivity index (χ0) is 22.5. The molecule has 2 aromatic carbocycles. The lowest BCUT2D eigenvalue weighted by atomic mass is 10.1. The first-order valence-electron chi connectivity index (χ1n) is 9.97. The summed E-state index contributed by atoms with van der Waals surface area (Å²) in [6.07, 6.45) is 3.06. The number of rotatable bonds is 5. The van der Waals surface area contributed by atoms with Crippen molar-refractivity contribution in [3.05, 3.63) is 76.9 Å². The molecular weight excluding hydrogens is 451 g/mol. The van der Waals surface area contributed by atoms with Crippen molar-refractivity contribution in [1.29, 1.82) is 0 Å². The summed E-state index contributed by atoms with van der Waals surface area (Å²) in [4.78, 5) is 19.1. The summed E-state index contributed by atoms with van der Waals surface area (Å²) in [6.45, 7) is 2.52. The van der Waals surface area contributed by atoms with Gasteiger partial charge in [0.25, 0.3) is 0 Å². The van der Waals surface area contributed by atoms with Crippen LogP contribution in [0.2, 0.25) is 0 Å². The number of amides is 1. The molecule has 10 heteroatoms. The Balaban J connectivity index is 1.36. The van der Waals surface area contributed by atoms with Gasteiger partial charge in [-0.1, -0.05) is 12.1 Å². The second-order valence-electron chi connectivity index (χ2n) is 7.79. The smallest absolute Gasteiger partial charge is 0.245 e. The fourth-order valence-electron chi connectivity index (χ4n) is 4.10. The molecule has 1 aliphatic rings. The Hall–Kier alpha value is -3.11. The molecule has 0 spiro atoms. The highest BCUT2D eigenvalue weighted by Gasteiger charge is 2.29. The molecule has 2 aromatic heterocycles. The Morgan fingerprint density at radius 1 is 1.19 bits per heavy atom. The Bertz CT molecular complexity index is 1430. The zero-order valence-corrected chi connectivity index (χ0v) is 18.7. The lowest BCUT2D eigenvalue weighted by Gasteiger charge is -2.22. The van der Waals surface area contributed by atoms with Crippen molar-refractivity contribution in [1.82, 2.24) is 18.8 Å². The van der Waals surface area contributed by atoms with Gasteiger partial charge in [0, 0.05) is 24.7 Å². The van der Waals surface area contributed by atoms with Gasteiger partial charge in [-0.25, -0.2) is 17.8 Å². The highest BCUT2D eigenvalue weighted by Crippen LogP contribution is 2.30. The van der Waals surface area contributed by atoms with E-state index in [9.17, 15) is 17.6 Å². The van der Waals surface area contributed by atoms with Crippen molar-refractivity contribution < 1.29 is 17.6 Å². The predicted octanol–water partition coefficient (Wildman–Crippen LogP) is 3.71. The second-order valence-corrected chi connectivity index (χ2v) is 10.6. The molecule has 1 atom stereocenters. The van der Waals surface area contributed by atoms with Crippen LogP contribution >= 0.6 is 11.5 Å². The number of fused-ring (bicyclic) bond motifs is 2. The van der Waals surface area contributed by atoms with Gasteiger partial charge in [0.2, 0.25) is 5.91 Å². The van der Waals surface area contributed by atoms with E-state index in [-0.39, 0.29) is 22.4 Å². The molecule has 1 amide bonds. The minimum atomic E-state index is -3.56. The Labute approximate surface area is 188 Å². The molecule has 0 unspecified atom stereocenters. The average molecular weight is 471 g/mol. The third-order valence-corrected chi connectivity index (χ3v) is 8.24. The summed E-state index contributed by atoms with van der Waals surface area (Å²) >= 11 is 1.06. The Morgan fingerprint density at radius 3 is 2.78 bits per heavy atom. The molecule has 7 nitrogen and oxygen atoms in total. The summed E-state index contributed by atoms with van der Waals surface area (Å²) in [5.74, 6) is -0.633. The number of aromatic nitrogens is 3. The van der Waals surface area contributed by atoms with Crippen LogP contribution in [0.3, 0.4) is 0 Å². The lowest BCUT2D eigenvalue weighted by Crippen LogP contribution is -2.32. The van der Waals surface area contributed by atoms with Crippen molar-refractivity contribution in [2.45, 2.75) is 36.7 Å². The number of hydrogen-bond donors (Lipinski definition) is 0. The maximum absolute atomic E-state index is 14.0. The molecule has 0 bridgehead atoms. The number of hydrogen-bond acceptors (Lipinski definition) is 6. The highest BCUT2D eigenvalue weighted by molar-refractivity contribution is 7.90. The molecule has 0 fully saturated rings. The molecule has 0 radical (unpaired) electrons. The average Bonchev–Trinajstić information content (AvgIpc) is 3.51. The van der Waals surface area contributed by atoms with E-state index in [1.54, 1.807) is 59.0 Å². The van der Waals surface area contributed by atoms with Crippen LogP contribution in [0.4, 0.5) is 4.39 Å². The van der Waals surface area contributed by atoms with Crippen LogP contribution in [0.25, 0.3) is 10.9 Å². The molecule has 0 saturated heterocycles. The van der Waals surface area contributed by atoms with Gasteiger partial charge >= 0.3 is 0 Å². The SMILES string of the molecule is C[C@@H](C(=O)N1Cc2ccc(S(=O)(=O)Cc3ncns3)cc2C1)n1ccc2c(F)cccc21. The lowest BCUT2D eigenvalue weighted by molar-refractivity contribution is -0.134. The van der Waals surface area contributed by atoms with E-state index in [1.807, 2.05) is 0 Å². The van der Waals surface area contributed by atoms with Gasteiger partial charge < -0.3 is 9.47 Å². The summed E-state index contributed by atoms with van der Waals surface area (Å²) in [6, 6.07) is 10.9. The fourth-order valence-corrected chi connectivity index (χ4v) is 6.25. The Kier molecular flexibility index (Phi) is 5.06. The van der Waals surface area contributed by atoms with E-state index in [4.69, 9.17) is 0 Å². The number of sulfone groups is 1. The van der Waals surface area contributed by atoms with Gasteiger partial charge in [0.1, 0.15) is 28.9 Å². The molecule has 4 aromatic rings. The van der Waals surface area contributed by atoms with Gasteiger partial charge in [0.15, 0.2) is 9.84 Å². The van der Waals surface area contributed by atoms with Gasteiger partial charge in [-0.3, -0.25) is 4.79 Å². The van der Waals surface area contributed by atoms with E-state index in [0.29, 0.717) is 29.0 Å². The van der Waals surface area contributed by atoms with Crippen LogP contribution in [0.5, 0.6) is 0 Å². The molecule has 5 rings (SSSR count). The van der Waals surface area contributed by atoms with Gasteiger partial charge in [-0.15, -0.1) is 0 Å². The van der Waals surface area contributed by atoms with Crippen LogP contribution in [0.15, 0.2) is 59.9 Å². The molecule has 1 aliphatic heterocycles.